The first kappa shape index (κ1) is 16.7. The molecule has 0 spiro atoms. The molecule has 0 aliphatic heterocycles. The van der Waals surface area contributed by atoms with Gasteiger partial charge in [-0.25, -0.2) is 0 Å². The lowest BCUT2D eigenvalue weighted by Crippen LogP contribution is -2.40. The Morgan fingerprint density at radius 3 is 2.54 bits per heavy atom. The molecule has 0 N–H and O–H groups in total. The SMILES string of the molecule is Cc1noc(C)c1CC(=O)N(CC1CCC1)[C@H](C)c1ccccc1. The van der Waals surface area contributed by atoms with Crippen LogP contribution in [-0.4, -0.2) is 22.5 Å². The molecule has 1 saturated carbocycles. The second-order valence-electron chi connectivity index (χ2n) is 6.91. The zero-order valence-electron chi connectivity index (χ0n) is 14.8. The first-order valence-corrected chi connectivity index (χ1v) is 8.82. The molecular weight excluding hydrogens is 300 g/mol. The Labute approximate surface area is 143 Å². The predicted molar refractivity (Wildman–Crippen MR) is 93.6 cm³/mol. The number of benzene rings is 1. The molecule has 1 fully saturated rings. The molecule has 1 amide bonds. The van der Waals surface area contributed by atoms with E-state index < -0.39 is 0 Å². The van der Waals surface area contributed by atoms with Crippen molar-refractivity contribution in [1.82, 2.24) is 10.1 Å². The van der Waals surface area contributed by atoms with Gasteiger partial charge in [-0.3, -0.25) is 4.79 Å². The summed E-state index contributed by atoms with van der Waals surface area (Å²) in [7, 11) is 0. The van der Waals surface area contributed by atoms with Crippen LogP contribution in [0.15, 0.2) is 34.9 Å². The van der Waals surface area contributed by atoms with Crippen LogP contribution in [0.2, 0.25) is 0 Å². The van der Waals surface area contributed by atoms with Crippen molar-refractivity contribution in [3.8, 4) is 0 Å². The minimum Gasteiger partial charge on any atom is -0.361 e. The van der Waals surface area contributed by atoms with Gasteiger partial charge < -0.3 is 9.42 Å². The highest BCUT2D eigenvalue weighted by Gasteiger charge is 2.28. The van der Waals surface area contributed by atoms with Crippen molar-refractivity contribution >= 4 is 5.91 Å². The first-order chi connectivity index (χ1) is 11.6. The third-order valence-electron chi connectivity index (χ3n) is 5.26. The number of hydrogen-bond donors (Lipinski definition) is 0. The molecule has 1 aromatic heterocycles. The molecular formula is C20H26N2O2. The standard InChI is InChI=1S/C20H26N2O2/c1-14-19(16(3)24-21-14)12-20(23)22(13-17-8-7-9-17)15(2)18-10-5-4-6-11-18/h4-6,10-11,15,17H,7-9,12-13H2,1-3H3/t15-/m1/s1. The predicted octanol–water partition coefficient (Wildman–Crippen LogP) is 4.22. The lowest BCUT2D eigenvalue weighted by Gasteiger charge is -2.36. The Kier molecular flexibility index (Phi) is 5.03. The van der Waals surface area contributed by atoms with E-state index in [0.717, 1.165) is 23.6 Å². The van der Waals surface area contributed by atoms with Crippen LogP contribution in [0.4, 0.5) is 0 Å². The molecule has 0 bridgehead atoms. The van der Waals surface area contributed by atoms with Gasteiger partial charge in [0, 0.05) is 12.1 Å². The van der Waals surface area contributed by atoms with Crippen molar-refractivity contribution in [2.75, 3.05) is 6.54 Å². The summed E-state index contributed by atoms with van der Waals surface area (Å²) in [5, 5.41) is 3.97. The monoisotopic (exact) mass is 326 g/mol. The van der Waals surface area contributed by atoms with E-state index in [0.29, 0.717) is 12.3 Å². The molecule has 2 aromatic rings. The highest BCUT2D eigenvalue weighted by Crippen LogP contribution is 2.31. The lowest BCUT2D eigenvalue weighted by molar-refractivity contribution is -0.133. The average molecular weight is 326 g/mol. The van der Waals surface area contributed by atoms with Crippen LogP contribution in [0.1, 0.15) is 54.8 Å². The first-order valence-electron chi connectivity index (χ1n) is 8.82. The van der Waals surface area contributed by atoms with E-state index >= 15 is 0 Å². The number of carbonyl (C=O) groups is 1. The van der Waals surface area contributed by atoms with Crippen LogP contribution < -0.4 is 0 Å². The van der Waals surface area contributed by atoms with Gasteiger partial charge in [0.25, 0.3) is 0 Å². The Hall–Kier alpha value is -2.10. The molecule has 24 heavy (non-hydrogen) atoms. The third kappa shape index (κ3) is 3.53. The van der Waals surface area contributed by atoms with Crippen molar-refractivity contribution in [3.63, 3.8) is 0 Å². The van der Waals surface area contributed by atoms with Crippen LogP contribution in [0.5, 0.6) is 0 Å². The summed E-state index contributed by atoms with van der Waals surface area (Å²) in [6.07, 6.45) is 4.12. The highest BCUT2D eigenvalue weighted by molar-refractivity contribution is 5.79. The Bertz CT molecular complexity index is 669. The summed E-state index contributed by atoms with van der Waals surface area (Å²) in [6.45, 7) is 6.74. The quantitative estimate of drug-likeness (QED) is 0.798. The van der Waals surface area contributed by atoms with Crippen LogP contribution in [0.25, 0.3) is 0 Å². The summed E-state index contributed by atoms with van der Waals surface area (Å²) in [4.78, 5) is 15.1. The van der Waals surface area contributed by atoms with Gasteiger partial charge >= 0.3 is 0 Å². The summed E-state index contributed by atoms with van der Waals surface area (Å²) in [5.74, 6) is 1.55. The van der Waals surface area contributed by atoms with Crippen LogP contribution in [0, 0.1) is 19.8 Å². The minimum atomic E-state index is 0.0831. The largest absolute Gasteiger partial charge is 0.361 e. The fraction of sp³-hybridized carbons (Fsp3) is 0.500. The second kappa shape index (κ2) is 7.20. The highest BCUT2D eigenvalue weighted by atomic mass is 16.5. The second-order valence-corrected chi connectivity index (χ2v) is 6.91. The molecule has 1 aromatic carbocycles. The molecule has 1 aliphatic carbocycles. The molecule has 3 rings (SSSR count). The maximum atomic E-state index is 13.1. The number of aryl methyl sites for hydroxylation is 2. The molecule has 0 unspecified atom stereocenters. The topological polar surface area (TPSA) is 46.3 Å². The van der Waals surface area contributed by atoms with Crippen LogP contribution in [-0.2, 0) is 11.2 Å². The smallest absolute Gasteiger partial charge is 0.227 e. The molecule has 1 aliphatic rings. The fourth-order valence-corrected chi connectivity index (χ4v) is 3.35. The molecule has 128 valence electrons. The summed E-state index contributed by atoms with van der Waals surface area (Å²) in [6, 6.07) is 10.4. The van der Waals surface area contributed by atoms with E-state index in [-0.39, 0.29) is 11.9 Å². The van der Waals surface area contributed by atoms with E-state index in [1.807, 2.05) is 36.9 Å². The minimum absolute atomic E-state index is 0.0831. The van der Waals surface area contributed by atoms with Crippen molar-refractivity contribution in [3.05, 3.63) is 52.9 Å². The van der Waals surface area contributed by atoms with Gasteiger partial charge in [0.05, 0.1) is 18.2 Å². The van der Waals surface area contributed by atoms with Crippen molar-refractivity contribution in [2.45, 2.75) is 52.5 Å². The summed E-state index contributed by atoms with van der Waals surface area (Å²) >= 11 is 0. The van der Waals surface area contributed by atoms with Gasteiger partial charge in [0.1, 0.15) is 5.76 Å². The average Bonchev–Trinajstić information content (AvgIpc) is 2.86. The van der Waals surface area contributed by atoms with Gasteiger partial charge in [-0.15, -0.1) is 0 Å². The van der Waals surface area contributed by atoms with Gasteiger partial charge in [-0.1, -0.05) is 41.9 Å². The Balaban J connectivity index is 1.79. The summed E-state index contributed by atoms with van der Waals surface area (Å²) < 4.78 is 5.21. The summed E-state index contributed by atoms with van der Waals surface area (Å²) in [5.41, 5.74) is 2.93. The number of hydrogen-bond acceptors (Lipinski definition) is 3. The molecule has 1 atom stereocenters. The number of amides is 1. The van der Waals surface area contributed by atoms with E-state index in [2.05, 4.69) is 24.2 Å². The maximum Gasteiger partial charge on any atom is 0.227 e. The third-order valence-corrected chi connectivity index (χ3v) is 5.26. The number of carbonyl (C=O) groups excluding carboxylic acids is 1. The molecule has 0 radical (unpaired) electrons. The van der Waals surface area contributed by atoms with Gasteiger partial charge in [-0.2, -0.15) is 0 Å². The normalized spacial score (nSPS) is 15.8. The molecule has 0 saturated heterocycles. The van der Waals surface area contributed by atoms with Crippen molar-refractivity contribution in [1.29, 1.82) is 0 Å². The van der Waals surface area contributed by atoms with Gasteiger partial charge in [-0.05, 0) is 45.1 Å². The van der Waals surface area contributed by atoms with E-state index in [1.54, 1.807) is 0 Å². The van der Waals surface area contributed by atoms with E-state index in [9.17, 15) is 4.79 Å². The fourth-order valence-electron chi connectivity index (χ4n) is 3.35. The Morgan fingerprint density at radius 1 is 1.29 bits per heavy atom. The zero-order chi connectivity index (χ0) is 17.1. The maximum absolute atomic E-state index is 13.1. The molecule has 4 nitrogen and oxygen atoms in total. The Morgan fingerprint density at radius 2 is 2.00 bits per heavy atom. The zero-order valence-corrected chi connectivity index (χ0v) is 14.8. The van der Waals surface area contributed by atoms with E-state index in [4.69, 9.17) is 4.52 Å². The molecule has 4 heteroatoms. The number of nitrogens with zero attached hydrogens (tertiary/aromatic N) is 2. The molecule has 1 heterocycles. The van der Waals surface area contributed by atoms with Crippen LogP contribution in [0.3, 0.4) is 0 Å². The lowest BCUT2D eigenvalue weighted by atomic mass is 9.84. The van der Waals surface area contributed by atoms with Gasteiger partial charge in [0.15, 0.2) is 0 Å². The van der Waals surface area contributed by atoms with Crippen LogP contribution >= 0.6 is 0 Å². The van der Waals surface area contributed by atoms with Crippen molar-refractivity contribution < 1.29 is 9.32 Å². The van der Waals surface area contributed by atoms with E-state index in [1.165, 1.54) is 24.8 Å². The number of aromatic nitrogens is 1. The van der Waals surface area contributed by atoms with Gasteiger partial charge in [0.2, 0.25) is 5.91 Å². The van der Waals surface area contributed by atoms with Crippen molar-refractivity contribution in [2.24, 2.45) is 5.92 Å². The number of rotatable bonds is 6.